The molecule has 2 rings (SSSR count). The van der Waals surface area contributed by atoms with Gasteiger partial charge in [0.15, 0.2) is 0 Å². The Morgan fingerprint density at radius 2 is 2.05 bits per heavy atom. The molecule has 1 aromatic heterocycles. The fourth-order valence-electron chi connectivity index (χ4n) is 1.91. The number of hydrogen-bond acceptors (Lipinski definition) is 3. The minimum atomic E-state index is -0.0408. The van der Waals surface area contributed by atoms with Gasteiger partial charge in [0.2, 0.25) is 5.91 Å². The molecule has 0 aliphatic carbocycles. The van der Waals surface area contributed by atoms with Crippen LogP contribution in [0.3, 0.4) is 0 Å². The highest BCUT2D eigenvalue weighted by Gasteiger charge is 2.03. The number of thiophene rings is 1. The number of rotatable bonds is 6. The summed E-state index contributed by atoms with van der Waals surface area (Å²) in [7, 11) is 0. The fraction of sp³-hybridized carbons (Fsp3) is 0.267. The Labute approximate surface area is 131 Å². The molecule has 2 N–H and O–H groups in total. The number of benzene rings is 1. The number of anilines is 1. The molecule has 3 nitrogen and oxygen atoms in total. The topological polar surface area (TPSA) is 41.1 Å². The molecule has 0 fully saturated rings. The van der Waals surface area contributed by atoms with Gasteiger partial charge in [-0.25, -0.2) is 0 Å². The van der Waals surface area contributed by atoms with Gasteiger partial charge in [0.1, 0.15) is 0 Å². The Balaban J connectivity index is 1.83. The van der Waals surface area contributed by atoms with Crippen molar-refractivity contribution in [3.05, 3.63) is 50.6 Å². The van der Waals surface area contributed by atoms with E-state index < -0.39 is 0 Å². The van der Waals surface area contributed by atoms with Crippen LogP contribution in [-0.2, 0) is 17.8 Å². The van der Waals surface area contributed by atoms with Crippen LogP contribution in [0.4, 0.5) is 5.69 Å². The predicted molar refractivity (Wildman–Crippen MR) is 88.2 cm³/mol. The van der Waals surface area contributed by atoms with E-state index in [1.807, 2.05) is 24.3 Å². The number of para-hydroxylation sites is 1. The molecule has 20 heavy (non-hydrogen) atoms. The van der Waals surface area contributed by atoms with Gasteiger partial charge in [-0.2, -0.15) is 0 Å². The van der Waals surface area contributed by atoms with Gasteiger partial charge in [0, 0.05) is 30.6 Å². The van der Waals surface area contributed by atoms with E-state index in [2.05, 4.69) is 38.7 Å². The van der Waals surface area contributed by atoms with Crippen LogP contribution in [0.2, 0.25) is 0 Å². The number of nitrogens with one attached hydrogen (secondary N) is 2. The lowest BCUT2D eigenvalue weighted by Gasteiger charge is -2.10. The van der Waals surface area contributed by atoms with Crippen LogP contribution in [0.1, 0.15) is 17.4 Å². The second kappa shape index (κ2) is 7.57. The van der Waals surface area contributed by atoms with Crippen LogP contribution in [-0.4, -0.2) is 12.5 Å². The largest absolute Gasteiger partial charge is 0.326 e. The second-order valence-electron chi connectivity index (χ2n) is 4.47. The zero-order valence-electron chi connectivity index (χ0n) is 11.3. The molecule has 0 spiro atoms. The quantitative estimate of drug-likeness (QED) is 0.776. The maximum atomic E-state index is 11.1. The predicted octanol–water partition coefficient (Wildman–Crippen LogP) is 3.80. The molecule has 0 aliphatic heterocycles. The Hall–Kier alpha value is -1.17. The summed E-state index contributed by atoms with van der Waals surface area (Å²) in [4.78, 5) is 12.5. The normalized spacial score (nSPS) is 10.5. The average molecular weight is 353 g/mol. The van der Waals surface area contributed by atoms with Gasteiger partial charge in [0.25, 0.3) is 0 Å². The van der Waals surface area contributed by atoms with Crippen LogP contribution in [0.15, 0.2) is 40.2 Å². The van der Waals surface area contributed by atoms with E-state index in [1.165, 1.54) is 15.6 Å². The third-order valence-corrected chi connectivity index (χ3v) is 4.50. The summed E-state index contributed by atoms with van der Waals surface area (Å²) < 4.78 is 1.17. The van der Waals surface area contributed by atoms with E-state index in [1.54, 1.807) is 11.3 Å². The Morgan fingerprint density at radius 1 is 1.25 bits per heavy atom. The van der Waals surface area contributed by atoms with Crippen molar-refractivity contribution in [2.75, 3.05) is 11.9 Å². The third-order valence-electron chi connectivity index (χ3n) is 2.82. The fourth-order valence-corrected chi connectivity index (χ4v) is 3.39. The molecule has 0 saturated carbocycles. The molecular weight excluding hydrogens is 336 g/mol. The molecule has 0 saturated heterocycles. The molecule has 0 atom stereocenters. The maximum absolute atomic E-state index is 11.1. The van der Waals surface area contributed by atoms with Gasteiger partial charge >= 0.3 is 0 Å². The van der Waals surface area contributed by atoms with Crippen LogP contribution in [0.5, 0.6) is 0 Å². The van der Waals surface area contributed by atoms with E-state index >= 15 is 0 Å². The number of halogens is 1. The SMILES string of the molecule is CC(=O)Nc1ccccc1CNCCc1ccc(Br)s1. The summed E-state index contributed by atoms with van der Waals surface area (Å²) in [6.07, 6.45) is 1.01. The molecular formula is C15H17BrN2OS. The molecule has 0 radical (unpaired) electrons. The zero-order chi connectivity index (χ0) is 14.4. The third kappa shape index (κ3) is 4.74. The first kappa shape index (κ1) is 15.2. The first-order valence-electron chi connectivity index (χ1n) is 6.45. The highest BCUT2D eigenvalue weighted by atomic mass is 79.9. The Morgan fingerprint density at radius 3 is 2.75 bits per heavy atom. The highest BCUT2D eigenvalue weighted by Crippen LogP contribution is 2.22. The van der Waals surface area contributed by atoms with E-state index in [4.69, 9.17) is 0 Å². The van der Waals surface area contributed by atoms with E-state index in [-0.39, 0.29) is 5.91 Å². The molecule has 0 bridgehead atoms. The summed E-state index contributed by atoms with van der Waals surface area (Å²) in [5, 5.41) is 6.27. The number of hydrogen-bond donors (Lipinski definition) is 2. The molecule has 5 heteroatoms. The first-order chi connectivity index (χ1) is 9.65. The summed E-state index contributed by atoms with van der Waals surface area (Å²) in [5.74, 6) is -0.0408. The maximum Gasteiger partial charge on any atom is 0.221 e. The van der Waals surface area contributed by atoms with Crippen molar-refractivity contribution in [1.29, 1.82) is 0 Å². The van der Waals surface area contributed by atoms with Crippen LogP contribution in [0, 0.1) is 0 Å². The zero-order valence-corrected chi connectivity index (χ0v) is 13.7. The van der Waals surface area contributed by atoms with Gasteiger partial charge in [0.05, 0.1) is 3.79 Å². The van der Waals surface area contributed by atoms with Crippen molar-refractivity contribution in [1.82, 2.24) is 5.32 Å². The molecule has 106 valence electrons. The lowest BCUT2D eigenvalue weighted by Crippen LogP contribution is -2.18. The second-order valence-corrected chi connectivity index (χ2v) is 7.02. The summed E-state index contributed by atoms with van der Waals surface area (Å²) in [5.41, 5.74) is 1.99. The minimum absolute atomic E-state index is 0.0408. The molecule has 0 unspecified atom stereocenters. The van der Waals surface area contributed by atoms with E-state index in [0.717, 1.165) is 30.8 Å². The van der Waals surface area contributed by atoms with Gasteiger partial charge < -0.3 is 10.6 Å². The number of carbonyl (C=O) groups is 1. The highest BCUT2D eigenvalue weighted by molar-refractivity contribution is 9.11. The monoisotopic (exact) mass is 352 g/mol. The van der Waals surface area contributed by atoms with Crippen molar-refractivity contribution in [3.63, 3.8) is 0 Å². The lowest BCUT2D eigenvalue weighted by atomic mass is 10.1. The van der Waals surface area contributed by atoms with Gasteiger partial charge in [-0.05, 0) is 46.1 Å². The van der Waals surface area contributed by atoms with E-state index in [0.29, 0.717) is 0 Å². The summed E-state index contributed by atoms with van der Waals surface area (Å²) in [6, 6.07) is 12.1. The van der Waals surface area contributed by atoms with Crippen molar-refractivity contribution >= 4 is 38.9 Å². The van der Waals surface area contributed by atoms with Gasteiger partial charge in [-0.1, -0.05) is 18.2 Å². The summed E-state index contributed by atoms with van der Waals surface area (Å²) in [6.45, 7) is 3.20. The minimum Gasteiger partial charge on any atom is -0.326 e. The molecule has 1 aromatic carbocycles. The van der Waals surface area contributed by atoms with Gasteiger partial charge in [-0.3, -0.25) is 4.79 Å². The molecule has 0 aliphatic rings. The Kier molecular flexibility index (Phi) is 5.76. The Bertz CT molecular complexity index is 583. The van der Waals surface area contributed by atoms with Crippen LogP contribution >= 0.6 is 27.3 Å². The standard InChI is InChI=1S/C15H17BrN2OS/c1-11(19)18-14-5-3-2-4-12(14)10-17-9-8-13-6-7-15(16)20-13/h2-7,17H,8-10H2,1H3,(H,18,19). The summed E-state index contributed by atoms with van der Waals surface area (Å²) >= 11 is 5.23. The molecule has 1 amide bonds. The van der Waals surface area contributed by atoms with Crippen molar-refractivity contribution < 1.29 is 4.79 Å². The first-order valence-corrected chi connectivity index (χ1v) is 8.06. The van der Waals surface area contributed by atoms with E-state index in [9.17, 15) is 4.79 Å². The number of carbonyl (C=O) groups excluding carboxylic acids is 1. The van der Waals surface area contributed by atoms with Crippen LogP contribution < -0.4 is 10.6 Å². The molecule has 1 heterocycles. The molecule has 2 aromatic rings. The van der Waals surface area contributed by atoms with Crippen LogP contribution in [0.25, 0.3) is 0 Å². The number of amides is 1. The smallest absolute Gasteiger partial charge is 0.221 e. The van der Waals surface area contributed by atoms with Crippen molar-refractivity contribution in [2.45, 2.75) is 19.9 Å². The average Bonchev–Trinajstić information content (AvgIpc) is 2.81. The lowest BCUT2D eigenvalue weighted by molar-refractivity contribution is -0.114. The van der Waals surface area contributed by atoms with Crippen molar-refractivity contribution in [2.24, 2.45) is 0 Å². The van der Waals surface area contributed by atoms with Gasteiger partial charge in [-0.15, -0.1) is 11.3 Å². The van der Waals surface area contributed by atoms with Crippen molar-refractivity contribution in [3.8, 4) is 0 Å².